The van der Waals surface area contributed by atoms with Crippen molar-refractivity contribution in [1.29, 1.82) is 0 Å². The monoisotopic (exact) mass is 403 g/mol. The summed E-state index contributed by atoms with van der Waals surface area (Å²) < 4.78 is 0. The van der Waals surface area contributed by atoms with E-state index in [1.165, 1.54) is 30.6 Å². The van der Waals surface area contributed by atoms with E-state index in [4.69, 9.17) is 0 Å². The lowest BCUT2D eigenvalue weighted by molar-refractivity contribution is -0.127. The van der Waals surface area contributed by atoms with Crippen LogP contribution in [-0.4, -0.2) is 79.4 Å². The predicted molar refractivity (Wildman–Crippen MR) is 115 cm³/mol. The second-order valence-electron chi connectivity index (χ2n) is 8.63. The largest absolute Gasteiger partial charge is 0.351 e. The van der Waals surface area contributed by atoms with Gasteiger partial charge in [-0.1, -0.05) is 12.5 Å². The van der Waals surface area contributed by atoms with Crippen molar-refractivity contribution >= 4 is 23.2 Å². The van der Waals surface area contributed by atoms with Gasteiger partial charge in [-0.2, -0.15) is 0 Å². The predicted octanol–water partition coefficient (Wildman–Crippen LogP) is 2.09. The second kappa shape index (κ2) is 8.82. The molecule has 3 fully saturated rings. The van der Waals surface area contributed by atoms with E-state index in [1.807, 2.05) is 0 Å². The zero-order chi connectivity index (χ0) is 19.5. The van der Waals surface area contributed by atoms with E-state index >= 15 is 0 Å². The van der Waals surface area contributed by atoms with E-state index in [0.29, 0.717) is 0 Å². The standard InChI is InChI=1S/C21H33N5OS/c1-24(2)20(27)15-23-21(22-14-18-4-3-11-28-18)26-9-7-25(8-10-26)19-13-16-5-6-17(19)12-16/h3-4,11,16-17,19H,5-10,12-15H2,1-2H3,(H,22,23). The molecule has 3 atom stereocenters. The molecule has 154 valence electrons. The van der Waals surface area contributed by atoms with Gasteiger partial charge in [0.15, 0.2) is 5.96 Å². The summed E-state index contributed by atoms with van der Waals surface area (Å²) in [5.41, 5.74) is 0. The number of nitrogens with zero attached hydrogens (tertiary/aromatic N) is 4. The molecule has 1 aliphatic heterocycles. The topological polar surface area (TPSA) is 51.2 Å². The van der Waals surface area contributed by atoms with Crippen molar-refractivity contribution in [3.63, 3.8) is 0 Å². The summed E-state index contributed by atoms with van der Waals surface area (Å²) >= 11 is 1.75. The number of rotatable bonds is 5. The first-order valence-corrected chi connectivity index (χ1v) is 11.5. The van der Waals surface area contributed by atoms with Crippen LogP contribution in [0, 0.1) is 11.8 Å². The Morgan fingerprint density at radius 2 is 2.07 bits per heavy atom. The summed E-state index contributed by atoms with van der Waals surface area (Å²) in [7, 11) is 3.56. The molecule has 1 aromatic heterocycles. The van der Waals surface area contributed by atoms with Crippen molar-refractivity contribution in [2.75, 3.05) is 46.8 Å². The minimum atomic E-state index is 0.0380. The third-order valence-electron chi connectivity index (χ3n) is 6.65. The number of aliphatic imine (C=N–C) groups is 1. The van der Waals surface area contributed by atoms with Crippen molar-refractivity contribution in [2.24, 2.45) is 16.8 Å². The summed E-state index contributed by atoms with van der Waals surface area (Å²) in [6.45, 7) is 5.15. The van der Waals surface area contributed by atoms with E-state index in [1.54, 1.807) is 30.3 Å². The average molecular weight is 404 g/mol. The number of fused-ring (bicyclic) bond motifs is 2. The third-order valence-corrected chi connectivity index (χ3v) is 7.52. The fourth-order valence-electron chi connectivity index (χ4n) is 5.05. The van der Waals surface area contributed by atoms with Crippen LogP contribution >= 0.6 is 11.3 Å². The fourth-order valence-corrected chi connectivity index (χ4v) is 5.70. The molecule has 1 saturated heterocycles. The first-order valence-electron chi connectivity index (χ1n) is 10.6. The van der Waals surface area contributed by atoms with Gasteiger partial charge in [0.05, 0.1) is 6.54 Å². The molecule has 0 spiro atoms. The smallest absolute Gasteiger partial charge is 0.243 e. The minimum Gasteiger partial charge on any atom is -0.351 e. The molecular formula is C21H33N5OS. The second-order valence-corrected chi connectivity index (χ2v) is 9.66. The number of thiophene rings is 1. The highest BCUT2D eigenvalue weighted by Gasteiger charge is 2.42. The summed E-state index contributed by atoms with van der Waals surface area (Å²) in [6.07, 6.45) is 5.79. The van der Waals surface area contributed by atoms with Gasteiger partial charge in [0, 0.05) is 51.2 Å². The zero-order valence-corrected chi connectivity index (χ0v) is 18.0. The van der Waals surface area contributed by atoms with Gasteiger partial charge in [-0.3, -0.25) is 9.69 Å². The van der Waals surface area contributed by atoms with Crippen LogP contribution < -0.4 is 5.32 Å². The fraction of sp³-hybridized carbons (Fsp3) is 0.714. The van der Waals surface area contributed by atoms with Crippen molar-refractivity contribution in [2.45, 2.75) is 38.3 Å². The lowest BCUT2D eigenvalue weighted by Gasteiger charge is -2.42. The Morgan fingerprint density at radius 1 is 1.25 bits per heavy atom. The molecule has 2 heterocycles. The molecule has 2 saturated carbocycles. The highest BCUT2D eigenvalue weighted by molar-refractivity contribution is 7.09. The maximum absolute atomic E-state index is 12.0. The van der Waals surface area contributed by atoms with Gasteiger partial charge in [0.1, 0.15) is 6.54 Å². The molecule has 3 aliphatic rings. The zero-order valence-electron chi connectivity index (χ0n) is 17.1. The Bertz CT molecular complexity index is 681. The number of guanidine groups is 1. The van der Waals surface area contributed by atoms with E-state index in [2.05, 4.69) is 37.6 Å². The molecule has 1 amide bonds. The maximum Gasteiger partial charge on any atom is 0.243 e. The van der Waals surface area contributed by atoms with Crippen LogP contribution in [0.3, 0.4) is 0 Å². The molecule has 6 nitrogen and oxygen atoms in total. The number of carbonyl (C=O) groups excluding carboxylic acids is 1. The van der Waals surface area contributed by atoms with Crippen molar-refractivity contribution in [3.8, 4) is 0 Å². The third kappa shape index (κ3) is 4.51. The molecule has 2 aliphatic carbocycles. The van der Waals surface area contributed by atoms with Crippen molar-refractivity contribution in [1.82, 2.24) is 20.0 Å². The van der Waals surface area contributed by atoms with Crippen molar-refractivity contribution < 1.29 is 4.79 Å². The quantitative estimate of drug-likeness (QED) is 0.604. The first kappa shape index (κ1) is 19.7. The minimum absolute atomic E-state index is 0.0380. The van der Waals surface area contributed by atoms with Crippen LogP contribution in [0.4, 0.5) is 0 Å². The molecular weight excluding hydrogens is 370 g/mol. The first-order chi connectivity index (χ1) is 13.6. The average Bonchev–Trinajstić information content (AvgIpc) is 3.46. The van der Waals surface area contributed by atoms with Gasteiger partial charge < -0.3 is 15.1 Å². The van der Waals surface area contributed by atoms with Gasteiger partial charge in [-0.05, 0) is 42.5 Å². The summed E-state index contributed by atoms with van der Waals surface area (Å²) in [6, 6.07) is 5.02. The number of likely N-dealkylation sites (N-methyl/N-ethyl adjacent to an activating group) is 1. The van der Waals surface area contributed by atoms with E-state index in [9.17, 15) is 4.79 Å². The Kier molecular flexibility index (Phi) is 6.21. The number of piperazine rings is 1. The highest BCUT2D eigenvalue weighted by Crippen LogP contribution is 2.46. The summed E-state index contributed by atoms with van der Waals surface area (Å²) in [4.78, 5) is 24.6. The van der Waals surface area contributed by atoms with Crippen LogP contribution in [0.5, 0.6) is 0 Å². The highest BCUT2D eigenvalue weighted by atomic mass is 32.1. The maximum atomic E-state index is 12.0. The van der Waals surface area contributed by atoms with Gasteiger partial charge in [-0.25, -0.2) is 4.99 Å². The number of amides is 1. The van der Waals surface area contributed by atoms with Gasteiger partial charge >= 0.3 is 0 Å². The van der Waals surface area contributed by atoms with Crippen molar-refractivity contribution in [3.05, 3.63) is 22.4 Å². The van der Waals surface area contributed by atoms with E-state index < -0.39 is 0 Å². The van der Waals surface area contributed by atoms with Gasteiger partial charge in [0.2, 0.25) is 5.91 Å². The van der Waals surface area contributed by atoms with Gasteiger partial charge in [-0.15, -0.1) is 11.3 Å². The molecule has 7 heteroatoms. The summed E-state index contributed by atoms with van der Waals surface area (Å²) in [5, 5.41) is 5.59. The molecule has 1 aromatic rings. The number of carbonyl (C=O) groups is 1. The van der Waals surface area contributed by atoms with E-state index in [-0.39, 0.29) is 12.5 Å². The molecule has 0 radical (unpaired) electrons. The molecule has 2 bridgehead atoms. The molecule has 3 unspecified atom stereocenters. The number of hydrogen-bond acceptors (Lipinski definition) is 4. The molecule has 0 aromatic carbocycles. The van der Waals surface area contributed by atoms with Gasteiger partial charge in [0.25, 0.3) is 0 Å². The van der Waals surface area contributed by atoms with E-state index in [0.717, 1.165) is 56.6 Å². The van der Waals surface area contributed by atoms with Crippen LogP contribution in [0.15, 0.2) is 22.5 Å². The van der Waals surface area contributed by atoms with Crippen LogP contribution in [0.1, 0.15) is 30.6 Å². The Morgan fingerprint density at radius 3 is 2.68 bits per heavy atom. The normalized spacial score (nSPS) is 28.0. The van der Waals surface area contributed by atoms with Crippen LogP contribution in [-0.2, 0) is 11.3 Å². The number of hydrogen-bond donors (Lipinski definition) is 1. The molecule has 4 rings (SSSR count). The Labute approximate surface area is 172 Å². The van der Waals surface area contributed by atoms with Crippen LogP contribution in [0.25, 0.3) is 0 Å². The van der Waals surface area contributed by atoms with Crippen LogP contribution in [0.2, 0.25) is 0 Å². The lowest BCUT2D eigenvalue weighted by atomic mass is 9.93. The lowest BCUT2D eigenvalue weighted by Crippen LogP contribution is -2.55. The Balaban J connectivity index is 1.35. The SMILES string of the molecule is CN(C)C(=O)CN=C(NCc1cccs1)N1CCN(C2CC3CCC2C3)CC1. The molecule has 28 heavy (non-hydrogen) atoms. The molecule has 1 N–H and O–H groups in total. The summed E-state index contributed by atoms with van der Waals surface area (Å²) in [5.74, 6) is 2.85. The Hall–Kier alpha value is -1.60. The number of nitrogens with one attached hydrogen (secondary N) is 1.